The third kappa shape index (κ3) is 6.67. The van der Waals surface area contributed by atoms with Gasteiger partial charge in [-0.15, -0.1) is 0 Å². The Morgan fingerprint density at radius 1 is 0.893 bits per heavy atom. The summed E-state index contributed by atoms with van der Waals surface area (Å²) < 4.78 is 1.59. The molecule has 3 N–H and O–H groups in total. The fourth-order valence-electron chi connectivity index (χ4n) is 7.37. The number of fused-ring (bicyclic) bond motifs is 1. The molecule has 0 saturated heterocycles. The number of imidazole rings is 1. The van der Waals surface area contributed by atoms with Gasteiger partial charge in [0.2, 0.25) is 11.9 Å². The van der Waals surface area contributed by atoms with E-state index in [0.717, 1.165) is 11.1 Å². The van der Waals surface area contributed by atoms with E-state index in [1.54, 1.807) is 72.2 Å². The van der Waals surface area contributed by atoms with Gasteiger partial charge in [-0.25, -0.2) is 14.9 Å². The maximum atomic E-state index is 14.5. The molecule has 2 fully saturated rings. The number of hydrogen-bond donors (Lipinski definition) is 3. The highest BCUT2D eigenvalue weighted by Gasteiger charge is 2.57. The first-order valence-corrected chi connectivity index (χ1v) is 19.0. The molecular formula is C42H36Cl2N8O4. The molecular weight excluding hydrogens is 751 g/mol. The van der Waals surface area contributed by atoms with Gasteiger partial charge in [0, 0.05) is 16.5 Å². The van der Waals surface area contributed by atoms with Crippen LogP contribution in [0.25, 0.3) is 0 Å². The van der Waals surface area contributed by atoms with Gasteiger partial charge in [0.25, 0.3) is 17.7 Å². The predicted molar refractivity (Wildman–Crippen MR) is 209 cm³/mol. The summed E-state index contributed by atoms with van der Waals surface area (Å²) in [5.74, 6) is -1.44. The number of nitrogens with zero attached hydrogens (tertiary/aromatic N) is 5. The van der Waals surface area contributed by atoms with Gasteiger partial charge < -0.3 is 16.0 Å². The summed E-state index contributed by atoms with van der Waals surface area (Å²) in [6, 6.07) is 28.3. The van der Waals surface area contributed by atoms with E-state index in [9.17, 15) is 24.4 Å². The van der Waals surface area contributed by atoms with E-state index in [0.29, 0.717) is 52.7 Å². The molecule has 282 valence electrons. The molecule has 0 unspecified atom stereocenters. The van der Waals surface area contributed by atoms with E-state index >= 15 is 0 Å². The molecule has 4 amide bonds. The van der Waals surface area contributed by atoms with Crippen LogP contribution in [-0.4, -0.2) is 43.7 Å². The minimum atomic E-state index is -1.35. The molecule has 0 radical (unpaired) electrons. The van der Waals surface area contributed by atoms with Gasteiger partial charge in [0.15, 0.2) is 0 Å². The van der Waals surface area contributed by atoms with Crippen molar-refractivity contribution in [3.63, 3.8) is 0 Å². The molecule has 0 bridgehead atoms. The monoisotopic (exact) mass is 786 g/mol. The highest BCUT2D eigenvalue weighted by Crippen LogP contribution is 2.48. The van der Waals surface area contributed by atoms with Gasteiger partial charge in [-0.2, -0.15) is 5.26 Å². The number of nitriles is 1. The molecule has 2 aromatic heterocycles. The van der Waals surface area contributed by atoms with E-state index in [2.05, 4.69) is 32.0 Å². The summed E-state index contributed by atoms with van der Waals surface area (Å²) >= 11 is 12.7. The first-order chi connectivity index (χ1) is 26.8. The Balaban J connectivity index is 1.03. The predicted octanol–water partition coefficient (Wildman–Crippen LogP) is 6.65. The molecule has 2 aliphatic carbocycles. The van der Waals surface area contributed by atoms with Crippen LogP contribution in [0.5, 0.6) is 0 Å². The number of aromatic nitrogens is 3. The van der Waals surface area contributed by atoms with Crippen LogP contribution in [0.3, 0.4) is 0 Å². The lowest BCUT2D eigenvalue weighted by atomic mass is 9.91. The molecule has 0 spiro atoms. The van der Waals surface area contributed by atoms with Gasteiger partial charge in [0.05, 0.1) is 40.8 Å². The molecule has 5 aromatic rings. The van der Waals surface area contributed by atoms with Crippen molar-refractivity contribution in [3.05, 3.63) is 141 Å². The molecule has 3 aromatic carbocycles. The van der Waals surface area contributed by atoms with Crippen molar-refractivity contribution in [2.45, 2.75) is 68.6 Å². The van der Waals surface area contributed by atoms with E-state index in [-0.39, 0.29) is 47.5 Å². The van der Waals surface area contributed by atoms with E-state index < -0.39 is 22.5 Å². The lowest BCUT2D eigenvalue weighted by Gasteiger charge is -2.27. The fourth-order valence-corrected chi connectivity index (χ4v) is 7.88. The van der Waals surface area contributed by atoms with Crippen LogP contribution in [0.4, 0.5) is 11.6 Å². The quantitative estimate of drug-likeness (QED) is 0.135. The van der Waals surface area contributed by atoms with E-state index in [4.69, 9.17) is 23.2 Å². The average molecular weight is 788 g/mol. The van der Waals surface area contributed by atoms with Crippen molar-refractivity contribution in [2.24, 2.45) is 0 Å². The maximum absolute atomic E-state index is 14.5. The normalized spacial score (nSPS) is 19.0. The number of rotatable bonds is 11. The molecule has 56 heavy (non-hydrogen) atoms. The van der Waals surface area contributed by atoms with Gasteiger partial charge >= 0.3 is 0 Å². The summed E-state index contributed by atoms with van der Waals surface area (Å²) in [4.78, 5) is 66.5. The zero-order chi connectivity index (χ0) is 39.4. The Morgan fingerprint density at radius 2 is 1.59 bits per heavy atom. The van der Waals surface area contributed by atoms with Crippen LogP contribution in [0.15, 0.2) is 97.2 Å². The summed E-state index contributed by atoms with van der Waals surface area (Å²) in [6.45, 7) is 3.63. The SMILES string of the molecule is C[C@@H](NC(=O)c1cccc(C2(NC(=O)C3(NC(=O)c4cnc5n4[C@](C)(Cc4ccc(C#N)cc4)C(=O)N5c4cc(Cl)cc(Cl)c4)CC3)CC2)n1)c1ccccc1. The number of carbonyl (C=O) groups is 4. The minimum Gasteiger partial charge on any atom is -0.344 e. The highest BCUT2D eigenvalue weighted by molar-refractivity contribution is 6.35. The number of halogens is 2. The Bertz CT molecular complexity index is 2430. The number of pyridine rings is 1. The Labute approximate surface area is 332 Å². The van der Waals surface area contributed by atoms with Gasteiger partial charge in [-0.1, -0.05) is 71.7 Å². The van der Waals surface area contributed by atoms with Crippen LogP contribution >= 0.6 is 23.2 Å². The van der Waals surface area contributed by atoms with E-state index in [1.165, 1.54) is 11.1 Å². The van der Waals surface area contributed by atoms with Gasteiger partial charge in [-0.05, 0) is 93.1 Å². The number of hydrogen-bond acceptors (Lipinski definition) is 7. The molecule has 3 aliphatic rings. The minimum absolute atomic E-state index is 0.0884. The molecule has 2 atom stereocenters. The molecule has 14 heteroatoms. The first kappa shape index (κ1) is 36.9. The molecule has 2 saturated carbocycles. The molecule has 3 heterocycles. The summed E-state index contributed by atoms with van der Waals surface area (Å²) in [5.41, 5.74) is 0.151. The smallest absolute Gasteiger partial charge is 0.270 e. The first-order valence-electron chi connectivity index (χ1n) is 18.2. The van der Waals surface area contributed by atoms with Crippen molar-refractivity contribution in [2.75, 3.05) is 4.90 Å². The van der Waals surface area contributed by atoms with Crippen LogP contribution in [0, 0.1) is 11.3 Å². The van der Waals surface area contributed by atoms with Crippen molar-refractivity contribution in [1.29, 1.82) is 5.26 Å². The second-order valence-electron chi connectivity index (χ2n) is 14.9. The Hall–Kier alpha value is -6.03. The summed E-state index contributed by atoms with van der Waals surface area (Å²) in [6.07, 6.45) is 3.61. The van der Waals surface area contributed by atoms with Gasteiger partial charge in [0.1, 0.15) is 22.5 Å². The third-order valence-corrected chi connectivity index (χ3v) is 11.3. The summed E-state index contributed by atoms with van der Waals surface area (Å²) in [5, 5.41) is 19.1. The second kappa shape index (κ2) is 13.9. The molecule has 8 rings (SSSR count). The van der Waals surface area contributed by atoms with Gasteiger partial charge in [-0.3, -0.25) is 23.7 Å². The average Bonchev–Trinajstić information content (AvgIpc) is 4.10. The molecule has 12 nitrogen and oxygen atoms in total. The van der Waals surface area contributed by atoms with Crippen molar-refractivity contribution in [3.8, 4) is 6.07 Å². The van der Waals surface area contributed by atoms with Crippen LogP contribution in [0.1, 0.15) is 88.9 Å². The zero-order valence-electron chi connectivity index (χ0n) is 30.5. The van der Waals surface area contributed by atoms with Crippen molar-refractivity contribution >= 4 is 58.5 Å². The van der Waals surface area contributed by atoms with Crippen molar-refractivity contribution < 1.29 is 19.2 Å². The second-order valence-corrected chi connectivity index (χ2v) is 15.8. The lowest BCUT2D eigenvalue weighted by molar-refractivity contribution is -0.125. The van der Waals surface area contributed by atoms with E-state index in [1.807, 2.05) is 37.3 Å². The standard InChI is InChI=1S/C42H36Cl2N8O4/c1-25(28-7-4-3-5-8-28)47-35(53)32-9-6-10-34(48-32)41(15-16-41)50-37(55)42(17-18-42)49-36(54)33-24-46-39-51(31-20-29(43)19-30(44)21-31)38(56)40(2,52(33)39)22-26-11-13-27(23-45)14-12-26/h3-14,19-21,24-25H,15-18,22H2,1-2H3,(H,47,53)(H,49,54)(H,50,55)/t25-,40-/m1/s1. The number of carbonyl (C=O) groups excluding carboxylic acids is 4. The van der Waals surface area contributed by atoms with Crippen LogP contribution in [-0.2, 0) is 27.1 Å². The maximum Gasteiger partial charge on any atom is 0.270 e. The zero-order valence-corrected chi connectivity index (χ0v) is 32.0. The Morgan fingerprint density at radius 3 is 2.23 bits per heavy atom. The number of benzene rings is 3. The number of amides is 4. The highest BCUT2D eigenvalue weighted by atomic mass is 35.5. The lowest BCUT2D eigenvalue weighted by Crippen LogP contribution is -2.52. The van der Waals surface area contributed by atoms with Crippen molar-refractivity contribution in [1.82, 2.24) is 30.5 Å². The largest absolute Gasteiger partial charge is 0.344 e. The van der Waals surface area contributed by atoms with Crippen LogP contribution < -0.4 is 20.9 Å². The summed E-state index contributed by atoms with van der Waals surface area (Å²) in [7, 11) is 0. The fraction of sp³-hybridized carbons (Fsp3) is 0.262. The number of nitrogens with one attached hydrogen (secondary N) is 3. The third-order valence-electron chi connectivity index (χ3n) is 10.8. The molecule has 1 aliphatic heterocycles. The topological polar surface area (TPSA) is 162 Å². The number of anilines is 2. The van der Waals surface area contributed by atoms with Crippen LogP contribution in [0.2, 0.25) is 10.0 Å². The Kier molecular flexibility index (Phi) is 9.18.